The predicted octanol–water partition coefficient (Wildman–Crippen LogP) is 4.51. The molecule has 2 aromatic rings. The molecule has 1 aromatic heterocycles. The van der Waals surface area contributed by atoms with Gasteiger partial charge in [-0.2, -0.15) is 18.4 Å². The van der Waals surface area contributed by atoms with E-state index in [1.54, 1.807) is 11.0 Å². The van der Waals surface area contributed by atoms with Crippen LogP contribution in [0.1, 0.15) is 41.3 Å². The number of likely N-dealkylation sites (tertiary alicyclic amines) is 1. The monoisotopic (exact) mass is 463 g/mol. The number of rotatable bonds is 4. The number of carbonyl (C=O) groups excluding carboxylic acids is 1. The van der Waals surface area contributed by atoms with Crippen LogP contribution < -0.4 is 9.47 Å². The highest BCUT2D eigenvalue weighted by Crippen LogP contribution is 2.39. The molecule has 2 aliphatic heterocycles. The molecule has 0 aliphatic carbocycles. The summed E-state index contributed by atoms with van der Waals surface area (Å²) in [5.74, 6) is 0.989. The molecule has 3 heterocycles. The van der Waals surface area contributed by atoms with E-state index in [9.17, 15) is 23.2 Å². The van der Waals surface area contributed by atoms with Gasteiger partial charge in [0.2, 0.25) is 5.91 Å². The number of halogens is 3. The van der Waals surface area contributed by atoms with Gasteiger partial charge < -0.3 is 14.4 Å². The fourth-order valence-electron chi connectivity index (χ4n) is 3.97. The number of aryl methyl sites for hydroxylation is 1. The minimum Gasteiger partial charge on any atom is -0.486 e. The fraction of sp³-hybridized carbons (Fsp3) is 0.409. The molecule has 32 heavy (non-hydrogen) atoms. The Kier molecular flexibility index (Phi) is 6.20. The number of amides is 1. The number of carbonyl (C=O) groups is 1. The Balaban J connectivity index is 1.51. The van der Waals surface area contributed by atoms with Crippen LogP contribution in [0.2, 0.25) is 0 Å². The molecule has 6 nitrogen and oxygen atoms in total. The molecule has 0 N–H and O–H groups in total. The van der Waals surface area contributed by atoms with E-state index in [2.05, 4.69) is 4.98 Å². The highest BCUT2D eigenvalue weighted by Gasteiger charge is 2.36. The van der Waals surface area contributed by atoms with Crippen molar-refractivity contribution in [3.8, 4) is 17.6 Å². The molecule has 0 unspecified atom stereocenters. The normalized spacial score (nSPS) is 17.8. The van der Waals surface area contributed by atoms with Crippen molar-refractivity contribution in [1.82, 2.24) is 9.88 Å². The average Bonchev–Trinajstić information content (AvgIpc) is 3.26. The zero-order valence-electron chi connectivity index (χ0n) is 17.2. The van der Waals surface area contributed by atoms with Crippen molar-refractivity contribution in [2.75, 3.05) is 25.5 Å². The van der Waals surface area contributed by atoms with Crippen molar-refractivity contribution < 1.29 is 27.4 Å². The summed E-state index contributed by atoms with van der Waals surface area (Å²) in [6, 6.07) is 7.91. The first-order valence-corrected chi connectivity index (χ1v) is 11.1. The maximum absolute atomic E-state index is 13.3. The molecule has 4 rings (SSSR count). The van der Waals surface area contributed by atoms with Crippen LogP contribution in [-0.4, -0.2) is 41.3 Å². The number of aromatic nitrogens is 1. The molecule has 1 fully saturated rings. The van der Waals surface area contributed by atoms with E-state index in [1.165, 1.54) is 6.92 Å². The molecule has 0 bridgehead atoms. The topological polar surface area (TPSA) is 75.5 Å². The van der Waals surface area contributed by atoms with Crippen molar-refractivity contribution in [3.63, 3.8) is 0 Å². The number of thioether (sulfide) groups is 1. The molecule has 0 spiro atoms. The smallest absolute Gasteiger partial charge is 0.417 e. The van der Waals surface area contributed by atoms with Gasteiger partial charge in [-0.1, -0.05) is 17.8 Å². The lowest BCUT2D eigenvalue weighted by atomic mass is 10.0. The average molecular weight is 463 g/mol. The molecule has 1 atom stereocenters. The van der Waals surface area contributed by atoms with Gasteiger partial charge in [-0.05, 0) is 43.5 Å². The fourth-order valence-corrected chi connectivity index (χ4v) is 4.91. The lowest BCUT2D eigenvalue weighted by Gasteiger charge is -2.26. The van der Waals surface area contributed by atoms with Crippen LogP contribution in [0.3, 0.4) is 0 Å². The largest absolute Gasteiger partial charge is 0.486 e. The first-order valence-electron chi connectivity index (χ1n) is 10.1. The number of fused-ring (bicyclic) bond motifs is 1. The Morgan fingerprint density at radius 1 is 1.28 bits per heavy atom. The van der Waals surface area contributed by atoms with Crippen LogP contribution in [0.25, 0.3) is 0 Å². The number of alkyl halides is 3. The Bertz CT molecular complexity index is 1080. The number of benzene rings is 1. The molecule has 10 heteroatoms. The van der Waals surface area contributed by atoms with Gasteiger partial charge in [0.25, 0.3) is 0 Å². The SMILES string of the molecule is Cc1cc(C(F)(F)F)c(C#N)c(SCC(=O)N2CCC[C@@H]2c2ccc3c(c2)OCCO3)n1. The van der Waals surface area contributed by atoms with Gasteiger partial charge in [0.15, 0.2) is 11.5 Å². The standard InChI is InChI=1S/C22H20F3N3O3S/c1-13-9-16(22(23,24)25)15(11-26)21(27-13)32-12-20(29)28-6-2-3-17(28)14-4-5-18-19(10-14)31-8-7-30-18/h4-5,9-10,17H,2-3,6-8,12H2,1H3/t17-/m1/s1. The lowest BCUT2D eigenvalue weighted by Crippen LogP contribution is -2.32. The molecule has 1 amide bonds. The molecular weight excluding hydrogens is 443 g/mol. The Labute approximate surface area is 187 Å². The van der Waals surface area contributed by atoms with Crippen LogP contribution in [0.5, 0.6) is 11.5 Å². The zero-order valence-corrected chi connectivity index (χ0v) is 18.1. The number of nitrogens with zero attached hydrogens (tertiary/aromatic N) is 3. The van der Waals surface area contributed by atoms with Crippen molar-refractivity contribution in [1.29, 1.82) is 5.26 Å². The molecule has 1 saturated heterocycles. The van der Waals surface area contributed by atoms with Crippen molar-refractivity contribution in [2.24, 2.45) is 0 Å². The summed E-state index contributed by atoms with van der Waals surface area (Å²) in [5.41, 5.74) is -0.513. The number of ether oxygens (including phenoxy) is 2. The predicted molar refractivity (Wildman–Crippen MR) is 111 cm³/mol. The summed E-state index contributed by atoms with van der Waals surface area (Å²) in [5, 5.41) is 9.22. The van der Waals surface area contributed by atoms with E-state index >= 15 is 0 Å². The van der Waals surface area contributed by atoms with E-state index in [0.717, 1.165) is 36.2 Å². The quantitative estimate of drug-likeness (QED) is 0.622. The van der Waals surface area contributed by atoms with Crippen molar-refractivity contribution in [3.05, 3.63) is 46.6 Å². The maximum atomic E-state index is 13.3. The molecule has 168 valence electrons. The van der Waals surface area contributed by atoms with Crippen molar-refractivity contribution in [2.45, 2.75) is 37.0 Å². The van der Waals surface area contributed by atoms with Gasteiger partial charge in [0.05, 0.1) is 22.9 Å². The van der Waals surface area contributed by atoms with Crippen LogP contribution in [-0.2, 0) is 11.0 Å². The lowest BCUT2D eigenvalue weighted by molar-refractivity contribution is -0.138. The number of pyridine rings is 1. The molecule has 1 aromatic carbocycles. The highest BCUT2D eigenvalue weighted by molar-refractivity contribution is 8.00. The third-order valence-corrected chi connectivity index (χ3v) is 6.35. The first kappa shape index (κ1) is 22.3. The van der Waals surface area contributed by atoms with Gasteiger partial charge >= 0.3 is 6.18 Å². The minimum atomic E-state index is -4.67. The highest BCUT2D eigenvalue weighted by atomic mass is 32.2. The summed E-state index contributed by atoms with van der Waals surface area (Å²) >= 11 is 0.862. The van der Waals surface area contributed by atoms with Gasteiger partial charge in [-0.25, -0.2) is 4.98 Å². The van der Waals surface area contributed by atoms with Gasteiger partial charge in [-0.15, -0.1) is 0 Å². The summed E-state index contributed by atoms with van der Waals surface area (Å²) in [6.45, 7) is 2.94. The second-order valence-corrected chi connectivity index (χ2v) is 8.50. The molecule has 0 radical (unpaired) electrons. The van der Waals surface area contributed by atoms with E-state index in [0.29, 0.717) is 31.3 Å². The van der Waals surface area contributed by atoms with E-state index in [-0.39, 0.29) is 28.4 Å². The van der Waals surface area contributed by atoms with Crippen molar-refractivity contribution >= 4 is 17.7 Å². The number of hydrogen-bond donors (Lipinski definition) is 0. The van der Waals surface area contributed by atoms with E-state index in [1.807, 2.05) is 18.2 Å². The van der Waals surface area contributed by atoms with Crippen LogP contribution >= 0.6 is 11.8 Å². The van der Waals surface area contributed by atoms with Crippen LogP contribution in [0.15, 0.2) is 29.3 Å². The summed E-state index contributed by atoms with van der Waals surface area (Å²) in [4.78, 5) is 18.8. The maximum Gasteiger partial charge on any atom is 0.417 e. The zero-order chi connectivity index (χ0) is 22.9. The summed E-state index contributed by atoms with van der Waals surface area (Å²) < 4.78 is 51.1. The number of nitriles is 1. The number of hydrogen-bond acceptors (Lipinski definition) is 6. The third-order valence-electron chi connectivity index (χ3n) is 5.39. The first-order chi connectivity index (χ1) is 15.3. The summed E-state index contributed by atoms with van der Waals surface area (Å²) in [6.07, 6.45) is -3.07. The summed E-state index contributed by atoms with van der Waals surface area (Å²) in [7, 11) is 0. The van der Waals surface area contributed by atoms with Gasteiger partial charge in [0.1, 0.15) is 24.3 Å². The third kappa shape index (κ3) is 4.48. The van der Waals surface area contributed by atoms with E-state index < -0.39 is 17.3 Å². The van der Waals surface area contributed by atoms with Crippen LogP contribution in [0, 0.1) is 18.3 Å². The van der Waals surface area contributed by atoms with Gasteiger partial charge in [0, 0.05) is 12.2 Å². The second-order valence-electron chi connectivity index (χ2n) is 7.54. The molecule has 2 aliphatic rings. The molecule has 0 saturated carbocycles. The minimum absolute atomic E-state index is 0.0803. The second kappa shape index (κ2) is 8.90. The van der Waals surface area contributed by atoms with Crippen LogP contribution in [0.4, 0.5) is 13.2 Å². The Morgan fingerprint density at radius 3 is 2.75 bits per heavy atom. The molecular formula is C22H20F3N3O3S. The van der Waals surface area contributed by atoms with Gasteiger partial charge in [-0.3, -0.25) is 4.79 Å². The Hall–Kier alpha value is -2.93. The Morgan fingerprint density at radius 2 is 2.03 bits per heavy atom. The van der Waals surface area contributed by atoms with E-state index in [4.69, 9.17) is 9.47 Å².